The molecule has 2 rings (SSSR count). The first kappa shape index (κ1) is 25.1. The fourth-order valence-corrected chi connectivity index (χ4v) is 3.80. The van der Waals surface area contributed by atoms with Crippen molar-refractivity contribution in [2.24, 2.45) is 4.99 Å². The van der Waals surface area contributed by atoms with Crippen LogP contribution in [0.25, 0.3) is 0 Å². The zero-order chi connectivity index (χ0) is 22.5. The van der Waals surface area contributed by atoms with Gasteiger partial charge in [0.1, 0.15) is 0 Å². The molecule has 0 radical (unpaired) electrons. The van der Waals surface area contributed by atoms with E-state index in [1.54, 1.807) is 0 Å². The Labute approximate surface area is 188 Å². The topological polar surface area (TPSA) is 72.0 Å². The second kappa shape index (κ2) is 14.0. The first-order valence-electron chi connectivity index (χ1n) is 11.8. The van der Waals surface area contributed by atoms with Gasteiger partial charge in [0.2, 0.25) is 0 Å². The fraction of sp³-hybridized carbons (Fsp3) is 0.667. The highest BCUT2D eigenvalue weighted by atomic mass is 16.1. The van der Waals surface area contributed by atoms with Crippen molar-refractivity contribution in [2.45, 2.75) is 52.1 Å². The maximum absolute atomic E-state index is 12.4. The van der Waals surface area contributed by atoms with Crippen LogP contribution in [0.15, 0.2) is 29.3 Å². The van der Waals surface area contributed by atoms with E-state index in [9.17, 15) is 4.79 Å². The fourth-order valence-electron chi connectivity index (χ4n) is 3.80. The number of guanidine groups is 1. The molecule has 1 fully saturated rings. The van der Waals surface area contributed by atoms with E-state index in [1.165, 1.54) is 25.8 Å². The zero-order valence-electron chi connectivity index (χ0n) is 19.9. The molecular weight excluding hydrogens is 388 g/mol. The van der Waals surface area contributed by atoms with Gasteiger partial charge in [-0.3, -0.25) is 4.79 Å². The van der Waals surface area contributed by atoms with Crippen molar-refractivity contribution in [3.05, 3.63) is 35.4 Å². The van der Waals surface area contributed by atoms with E-state index in [4.69, 9.17) is 4.99 Å². The van der Waals surface area contributed by atoms with Gasteiger partial charge in [-0.1, -0.05) is 18.6 Å². The van der Waals surface area contributed by atoms with Crippen LogP contribution in [-0.4, -0.2) is 81.1 Å². The van der Waals surface area contributed by atoms with Crippen molar-refractivity contribution in [2.75, 3.05) is 53.4 Å². The van der Waals surface area contributed by atoms with E-state index >= 15 is 0 Å². The van der Waals surface area contributed by atoms with E-state index in [1.807, 2.05) is 43.3 Å². The highest BCUT2D eigenvalue weighted by molar-refractivity contribution is 5.94. The van der Waals surface area contributed by atoms with Crippen LogP contribution in [-0.2, 0) is 6.54 Å². The van der Waals surface area contributed by atoms with E-state index in [0.717, 1.165) is 44.1 Å². The summed E-state index contributed by atoms with van der Waals surface area (Å²) in [6, 6.07) is 8.43. The van der Waals surface area contributed by atoms with E-state index < -0.39 is 0 Å². The van der Waals surface area contributed by atoms with Gasteiger partial charge in [-0.15, -0.1) is 0 Å². The molecule has 1 atom stereocenters. The summed E-state index contributed by atoms with van der Waals surface area (Å²) in [5, 5.41) is 9.73. The average molecular weight is 431 g/mol. The van der Waals surface area contributed by atoms with Gasteiger partial charge < -0.3 is 25.8 Å². The number of hydrogen-bond acceptors (Lipinski definition) is 4. The summed E-state index contributed by atoms with van der Waals surface area (Å²) in [5.41, 5.74) is 1.71. The highest BCUT2D eigenvalue weighted by Gasteiger charge is 2.17. The monoisotopic (exact) mass is 430 g/mol. The van der Waals surface area contributed by atoms with Gasteiger partial charge in [0, 0.05) is 44.3 Å². The molecule has 174 valence electrons. The predicted octanol–water partition coefficient (Wildman–Crippen LogP) is 2.30. The van der Waals surface area contributed by atoms with Gasteiger partial charge in [-0.05, 0) is 71.4 Å². The normalized spacial score (nSPS) is 17.6. The van der Waals surface area contributed by atoms with Crippen LogP contribution >= 0.6 is 0 Å². The van der Waals surface area contributed by atoms with E-state index in [-0.39, 0.29) is 5.91 Å². The summed E-state index contributed by atoms with van der Waals surface area (Å²) < 4.78 is 0. The van der Waals surface area contributed by atoms with Gasteiger partial charge >= 0.3 is 0 Å². The van der Waals surface area contributed by atoms with E-state index in [0.29, 0.717) is 24.7 Å². The molecule has 0 saturated carbocycles. The maximum atomic E-state index is 12.4. The van der Waals surface area contributed by atoms with Gasteiger partial charge in [-0.25, -0.2) is 4.99 Å². The predicted molar refractivity (Wildman–Crippen MR) is 130 cm³/mol. The second-order valence-electron chi connectivity index (χ2n) is 8.62. The highest BCUT2D eigenvalue weighted by Crippen LogP contribution is 2.16. The number of carbonyl (C=O) groups is 1. The van der Waals surface area contributed by atoms with Crippen LogP contribution in [0, 0.1) is 0 Å². The molecule has 1 aliphatic heterocycles. The lowest BCUT2D eigenvalue weighted by molar-refractivity contribution is 0.0951. The molecule has 1 aromatic rings. The number of carbonyl (C=O) groups excluding carboxylic acids is 1. The lowest BCUT2D eigenvalue weighted by Crippen LogP contribution is -2.41. The number of rotatable bonds is 11. The molecular formula is C24H42N6O. The van der Waals surface area contributed by atoms with Gasteiger partial charge in [-0.2, -0.15) is 0 Å². The molecule has 1 aromatic carbocycles. The molecule has 0 aromatic heterocycles. The molecule has 0 aliphatic carbocycles. The van der Waals surface area contributed by atoms with Crippen molar-refractivity contribution < 1.29 is 4.79 Å². The number of nitrogens with zero attached hydrogens (tertiary/aromatic N) is 3. The molecule has 7 nitrogen and oxygen atoms in total. The number of piperidine rings is 1. The Morgan fingerprint density at radius 2 is 2.03 bits per heavy atom. The quantitative estimate of drug-likeness (QED) is 0.285. The number of benzene rings is 1. The lowest BCUT2D eigenvalue weighted by atomic mass is 10.0. The molecule has 31 heavy (non-hydrogen) atoms. The SMILES string of the molecule is CCNC(=NCc1cccc(C(=O)NCCN(C)C)c1)NCCCN1CCCCC1C. The Hall–Kier alpha value is -2.12. The number of aliphatic imine (C=N–C) groups is 1. The van der Waals surface area contributed by atoms with E-state index in [2.05, 4.69) is 34.7 Å². The smallest absolute Gasteiger partial charge is 0.251 e. The molecule has 7 heteroatoms. The van der Waals surface area contributed by atoms with Crippen LogP contribution in [0.4, 0.5) is 0 Å². The summed E-state index contributed by atoms with van der Waals surface area (Å²) in [4.78, 5) is 21.7. The molecule has 0 spiro atoms. The number of hydrogen-bond donors (Lipinski definition) is 3. The number of nitrogens with one attached hydrogen (secondary N) is 3. The van der Waals surface area contributed by atoms with Crippen molar-refractivity contribution in [3.8, 4) is 0 Å². The summed E-state index contributed by atoms with van der Waals surface area (Å²) in [7, 11) is 3.99. The maximum Gasteiger partial charge on any atom is 0.251 e. The summed E-state index contributed by atoms with van der Waals surface area (Å²) in [5.74, 6) is 0.791. The summed E-state index contributed by atoms with van der Waals surface area (Å²) in [6.45, 7) is 10.5. The van der Waals surface area contributed by atoms with Crippen molar-refractivity contribution in [1.29, 1.82) is 0 Å². The minimum Gasteiger partial charge on any atom is -0.357 e. The molecule has 1 aliphatic rings. The first-order valence-corrected chi connectivity index (χ1v) is 11.8. The Morgan fingerprint density at radius 1 is 1.19 bits per heavy atom. The van der Waals surface area contributed by atoms with Crippen LogP contribution in [0.3, 0.4) is 0 Å². The van der Waals surface area contributed by atoms with Crippen LogP contribution in [0.1, 0.15) is 55.5 Å². The van der Waals surface area contributed by atoms with Crippen LogP contribution < -0.4 is 16.0 Å². The van der Waals surface area contributed by atoms with Crippen LogP contribution in [0.2, 0.25) is 0 Å². The number of amides is 1. The Bertz CT molecular complexity index is 690. The molecule has 0 bridgehead atoms. The molecule has 1 unspecified atom stereocenters. The summed E-state index contributed by atoms with van der Waals surface area (Å²) >= 11 is 0. The minimum absolute atomic E-state index is 0.0374. The minimum atomic E-state index is -0.0374. The van der Waals surface area contributed by atoms with Crippen molar-refractivity contribution in [3.63, 3.8) is 0 Å². The van der Waals surface area contributed by atoms with Gasteiger partial charge in [0.15, 0.2) is 5.96 Å². The standard InChI is InChI=1S/C24H42N6O/c1-5-25-24(27-13-9-16-30-15-7-6-10-20(30)2)28-19-21-11-8-12-22(18-21)23(31)26-14-17-29(3)4/h8,11-12,18,20H,5-7,9-10,13-17,19H2,1-4H3,(H,26,31)(H2,25,27,28). The third-order valence-corrected chi connectivity index (χ3v) is 5.65. The zero-order valence-corrected chi connectivity index (χ0v) is 19.9. The summed E-state index contributed by atoms with van der Waals surface area (Å²) in [6.07, 6.45) is 5.13. The molecule has 1 amide bonds. The van der Waals surface area contributed by atoms with Crippen molar-refractivity contribution in [1.82, 2.24) is 25.8 Å². The Morgan fingerprint density at radius 3 is 2.77 bits per heavy atom. The first-order chi connectivity index (χ1) is 15.0. The Kier molecular flexibility index (Phi) is 11.4. The second-order valence-corrected chi connectivity index (χ2v) is 8.62. The van der Waals surface area contributed by atoms with Crippen molar-refractivity contribution >= 4 is 11.9 Å². The molecule has 3 N–H and O–H groups in total. The molecule has 1 saturated heterocycles. The number of likely N-dealkylation sites (tertiary alicyclic amines) is 1. The average Bonchev–Trinajstić information content (AvgIpc) is 2.76. The Balaban J connectivity index is 1.81. The third kappa shape index (κ3) is 9.70. The van der Waals surface area contributed by atoms with Gasteiger partial charge in [0.25, 0.3) is 5.91 Å². The number of likely N-dealkylation sites (N-methyl/N-ethyl adjacent to an activating group) is 1. The lowest BCUT2D eigenvalue weighted by Gasteiger charge is -2.33. The molecule has 1 heterocycles. The van der Waals surface area contributed by atoms with Crippen LogP contribution in [0.5, 0.6) is 0 Å². The third-order valence-electron chi connectivity index (χ3n) is 5.65. The largest absolute Gasteiger partial charge is 0.357 e. The van der Waals surface area contributed by atoms with Gasteiger partial charge in [0.05, 0.1) is 6.54 Å².